The van der Waals surface area contributed by atoms with Gasteiger partial charge < -0.3 is 105 Å². The topological polar surface area (TPSA) is 439 Å². The number of esters is 8. The lowest BCUT2D eigenvalue weighted by Crippen LogP contribution is -2.82. The molecule has 10 fully saturated rings. The van der Waals surface area contributed by atoms with Gasteiger partial charge in [0.15, 0.2) is 83.9 Å². The molecule has 1 N–H and O–H groups in total. The monoisotopic (exact) mass is 1980 g/mol. The second kappa shape index (κ2) is 40.1. The van der Waals surface area contributed by atoms with Gasteiger partial charge in [0.2, 0.25) is 11.2 Å². The van der Waals surface area contributed by atoms with Crippen molar-refractivity contribution >= 4 is 77.7 Å². The van der Waals surface area contributed by atoms with E-state index in [9.17, 15) is 53.1 Å². The van der Waals surface area contributed by atoms with Gasteiger partial charge in [0.25, 0.3) is 0 Å². The fourth-order valence-corrected chi connectivity index (χ4v) is 24.8. The van der Waals surface area contributed by atoms with Gasteiger partial charge >= 0.3 is 66.2 Å². The molecule has 4 saturated carbocycles. The van der Waals surface area contributed by atoms with Gasteiger partial charge in [0.05, 0.1) is 83.9 Å². The average molecular weight is 1980 g/mol. The van der Waals surface area contributed by atoms with E-state index >= 15 is 14.4 Å². The number of methoxy groups -OCH3 is 5. The van der Waals surface area contributed by atoms with Crippen molar-refractivity contribution in [3.8, 4) is 23.0 Å². The Labute approximate surface area is 826 Å². The Bertz CT molecular complexity index is 5620. The van der Waals surface area contributed by atoms with Crippen LogP contribution in [0.5, 0.6) is 23.0 Å². The van der Waals surface area contributed by atoms with Crippen LogP contribution in [0.2, 0.25) is 0 Å². The van der Waals surface area contributed by atoms with Crippen LogP contribution in [-0.2, 0) is 119 Å². The van der Waals surface area contributed by atoms with E-state index in [1.165, 1.54) is 53.9 Å². The second-order valence-corrected chi connectivity index (χ2v) is 42.1. The van der Waals surface area contributed by atoms with Crippen molar-refractivity contribution in [1.82, 2.24) is 4.90 Å². The molecule has 16 rings (SSSR count). The van der Waals surface area contributed by atoms with Gasteiger partial charge in [-0.2, -0.15) is 0 Å². The van der Waals surface area contributed by atoms with E-state index in [0.717, 1.165) is 0 Å². The Morgan fingerprint density at radius 1 is 0.514 bits per heavy atom. The van der Waals surface area contributed by atoms with Crippen LogP contribution in [-0.4, -0.2) is 244 Å². The molecule has 36 nitrogen and oxygen atoms in total. The predicted octanol–water partition coefficient (Wildman–Crippen LogP) is 14.5. The maximum absolute atomic E-state index is 15.9. The maximum atomic E-state index is 15.9. The van der Waals surface area contributed by atoms with Gasteiger partial charge in [-0.3, -0.25) is 33.7 Å². The van der Waals surface area contributed by atoms with Crippen LogP contribution in [0.3, 0.4) is 0 Å². The van der Waals surface area contributed by atoms with Crippen molar-refractivity contribution in [3.05, 3.63) is 142 Å². The highest BCUT2D eigenvalue weighted by molar-refractivity contribution is 5.98. The van der Waals surface area contributed by atoms with Crippen molar-refractivity contribution in [3.63, 3.8) is 0 Å². The predicted molar refractivity (Wildman–Crippen MR) is 501 cm³/mol. The molecule has 4 bridgehead atoms. The molecule has 36 heteroatoms. The van der Waals surface area contributed by atoms with Crippen molar-refractivity contribution in [1.29, 1.82) is 0 Å². The minimum Gasteiger partial charge on any atom is -0.497 e. The summed E-state index contributed by atoms with van der Waals surface area (Å²) in [4.78, 5) is 181. The molecule has 1 amide bonds. The number of amides is 1. The van der Waals surface area contributed by atoms with Crippen molar-refractivity contribution < 1.29 is 167 Å². The molecular weight excluding hydrogens is 1850 g/mol. The number of carbonyl (C=O) groups is 13. The summed E-state index contributed by atoms with van der Waals surface area (Å²) in [5.74, 6) is -8.42. The summed E-state index contributed by atoms with van der Waals surface area (Å²) in [6, 6.07) is 26.3. The van der Waals surface area contributed by atoms with E-state index in [0.29, 0.717) is 53.4 Å². The number of nitrogens with zero attached hydrogens (tertiary/aromatic N) is 1. The van der Waals surface area contributed by atoms with Crippen LogP contribution in [0.15, 0.2) is 119 Å². The van der Waals surface area contributed by atoms with Crippen molar-refractivity contribution in [2.24, 2.45) is 63.1 Å². The largest absolute Gasteiger partial charge is 0.509 e. The zero-order valence-corrected chi connectivity index (χ0v) is 84.7. The first-order valence-corrected chi connectivity index (χ1v) is 47.7. The van der Waals surface area contributed by atoms with Crippen LogP contribution >= 0.6 is 0 Å². The smallest absolute Gasteiger partial charge is 0.497 e. The fraction of sp³-hybridized carbons (Fsp3) is 0.613. The number of ether oxygens (including phenoxy) is 21. The first-order chi connectivity index (χ1) is 66.2. The molecule has 6 heterocycles. The highest BCUT2D eigenvalue weighted by Crippen LogP contribution is 2.71. The minimum absolute atomic E-state index is 0. The molecule has 6 aliphatic carbocycles. The zero-order chi connectivity index (χ0) is 103. The van der Waals surface area contributed by atoms with E-state index in [2.05, 4.69) is 0 Å². The normalized spacial score (nSPS) is 34.4. The number of hydrogen-bond donors (Lipinski definition) is 1. The molecule has 0 radical (unpaired) electrons. The van der Waals surface area contributed by atoms with Gasteiger partial charge in [-0.25, -0.2) is 33.6 Å². The van der Waals surface area contributed by atoms with Gasteiger partial charge in [0, 0.05) is 72.6 Å². The number of carbonyl (C=O) groups excluding carboxylic acids is 13. The summed E-state index contributed by atoms with van der Waals surface area (Å²) < 4.78 is 126. The summed E-state index contributed by atoms with van der Waals surface area (Å²) >= 11 is 0. The summed E-state index contributed by atoms with van der Waals surface area (Å²) in [7, 11) is 7.47. The number of hydrogen-bond acceptors (Lipinski definition) is 35. The second-order valence-electron chi connectivity index (χ2n) is 42.1. The molecule has 6 aliphatic heterocycles. The lowest BCUT2D eigenvalue weighted by atomic mass is 9.43. The number of aliphatic hydroxyl groups is 1. The van der Waals surface area contributed by atoms with Gasteiger partial charge in [-0.05, 0) is 167 Å². The Balaban J connectivity index is 0.000000193. The first kappa shape index (κ1) is 108. The Morgan fingerprint density at radius 2 is 0.951 bits per heavy atom. The average Bonchev–Trinajstić information content (AvgIpc) is 1.17. The Hall–Kier alpha value is -11.7. The zero-order valence-electron chi connectivity index (χ0n) is 84.7. The lowest BCUT2D eigenvalue weighted by molar-refractivity contribution is -0.340. The van der Waals surface area contributed by atoms with Crippen molar-refractivity contribution in [2.75, 3.05) is 48.8 Å². The van der Waals surface area contributed by atoms with E-state index in [1.54, 1.807) is 181 Å². The van der Waals surface area contributed by atoms with Gasteiger partial charge in [-0.15, -0.1) is 0 Å². The van der Waals surface area contributed by atoms with Crippen molar-refractivity contribution in [2.45, 2.75) is 305 Å². The highest BCUT2D eigenvalue weighted by atomic mass is 16.8. The third kappa shape index (κ3) is 18.1. The Morgan fingerprint density at radius 3 is 1.36 bits per heavy atom. The molecule has 774 valence electrons. The maximum Gasteiger partial charge on any atom is 0.509 e. The molecule has 6 saturated heterocycles. The highest BCUT2D eigenvalue weighted by Gasteiger charge is 2.86. The summed E-state index contributed by atoms with van der Waals surface area (Å²) in [6.07, 6.45) is -18.2. The van der Waals surface area contributed by atoms with Crippen LogP contribution in [0.25, 0.3) is 0 Å². The number of benzene rings is 4. The number of ketones is 2. The van der Waals surface area contributed by atoms with E-state index in [4.69, 9.17) is 99.5 Å². The lowest BCUT2D eigenvalue weighted by Gasteiger charge is -2.67. The standard InChI is InChI=1S/C50H60O16.C33H38O12.C22H33NO7.CH4/c1-24(2)19-30-21-34(32-18-17-31(57-10)22-33(32)58-11)61-38(30)45(55)62-37-26(4)36-39(60-27(5)51)41(53)48(9)25(3)20-35-49(23-59-35,65-28(6)52)40(48)43(63-44(54)29-15-13-12-14-16-29)50(47(36,7)8)42(37)64-46(56)66-50;1-15-13-20-32(14-40-20,44-18(4)35)24-27(42-28(38)19-11-9-8-10-12-19)33-26(43-29(39)45-33)22(36)16(2)21(30(33,5)6)23(41-17(3)34)25(37)31(15,24)7;1-13(2)11-16-18(20(24)28-8)29-19(23(16)21(25)30-22(3,4)5)15-10-9-14(26-6)12-17(15)27-7;/h12-18,22,24-25,30,34-35,37-40,42-43H,19-21,23H2,1-11H3;8-12,15,20,22-24,26-27,36H,13-14H2,1-7H3;9-10,12-13,16,18-19H,11H2,1-8H3;1H4/t25-,30?,34?,35?,37+,38?,39+,40-,42-,43-,48+,49-,50+;15-,20?,22+,23+,24-,26-,27-,31+,32-,33+;;/m00../s1. The van der Waals surface area contributed by atoms with Gasteiger partial charge in [-0.1, -0.05) is 127 Å². The molecule has 142 heavy (non-hydrogen) atoms. The molecule has 4 aromatic carbocycles. The molecule has 2 spiro atoms. The number of Topliss-reactive ketones (excluding diaryl/α,β-unsaturated/α-hetero) is 2. The van der Waals surface area contributed by atoms with Crippen LogP contribution in [0.1, 0.15) is 229 Å². The van der Waals surface area contributed by atoms with Crippen LogP contribution in [0.4, 0.5) is 14.4 Å². The van der Waals surface area contributed by atoms with E-state index < -0.39 is 243 Å². The Kier molecular flexibility index (Phi) is 30.4. The van der Waals surface area contributed by atoms with Crippen LogP contribution in [0, 0.1) is 63.1 Å². The molecule has 26 atom stereocenters. The number of fused-ring (bicyclic) bond motifs is 8. The summed E-state index contributed by atoms with van der Waals surface area (Å²) in [5.41, 5.74) is -11.7. The summed E-state index contributed by atoms with van der Waals surface area (Å²) in [6.45, 7) is 34.9. The SMILES string of the molecule is C.CC(=O)O[C@H]1C(=O)[C@]2(C)[C@@H](C)CC3OC[C@@]3(OC(C)=O)[C@H]2[C@H](OC(=O)c2ccccc2)[C@]23OC(=O)O[C@H]2[C@H](O)C(C)=C1C3(C)C.COC(=O)C1OC(c2ccc(OC)cc2OC)N(C(=O)OC(C)(C)C)C1CC(C)C.COc1ccc(C2CC(CC(C)C)C(C(=O)O[C@@H]3C(C)=C4[C@@H](OC(C)=O)C(=O)[C@]5(C)[C@@H](C)CC6OC[C@@]6(OC(C)=O)[C@H]5[C@H](OC(=O)c5ccccc5)[C@@]5(OC(=O)O[C@@H]35)C4(C)C)O2)c(OC)c1. The van der Waals surface area contributed by atoms with E-state index in [-0.39, 0.29) is 84.7 Å². The molecular formula is C106H135NO35. The number of rotatable bonds is 21. The molecule has 4 aromatic rings. The van der Waals surface area contributed by atoms with E-state index in [1.807, 2.05) is 47.6 Å². The quantitative estimate of drug-likeness (QED) is 0.0460. The fourth-order valence-electron chi connectivity index (χ4n) is 24.8. The van der Waals surface area contributed by atoms with Crippen LogP contribution < -0.4 is 18.9 Å². The number of aliphatic hydroxyl groups excluding tert-OH is 1. The first-order valence-electron chi connectivity index (χ1n) is 47.7. The van der Waals surface area contributed by atoms with Gasteiger partial charge in [0.1, 0.15) is 46.9 Å². The third-order valence-corrected chi connectivity index (χ3v) is 31.2. The molecule has 12 aliphatic rings. The molecule has 8 unspecified atom stereocenters. The third-order valence-electron chi connectivity index (χ3n) is 31.2. The summed E-state index contributed by atoms with van der Waals surface area (Å²) in [5, 5.41) is 11.8. The minimum atomic E-state index is -2.16. The molecule has 0 aromatic heterocycles.